The van der Waals surface area contributed by atoms with Crippen LogP contribution in [0.4, 0.5) is 0 Å². The molecule has 7 heteroatoms. The fraction of sp³-hybridized carbons (Fsp3) is 0.350. The number of aryl methyl sites for hydroxylation is 1. The number of benzene rings is 1. The second-order valence-electron chi connectivity index (χ2n) is 7.14. The molecule has 138 valence electrons. The number of rotatable bonds is 5. The van der Waals surface area contributed by atoms with Crippen LogP contribution in [0.2, 0.25) is 0 Å². The lowest BCUT2D eigenvalue weighted by atomic mass is 10.1. The Hall–Kier alpha value is -2.67. The number of hydrogen-bond donors (Lipinski definition) is 0. The second kappa shape index (κ2) is 6.49. The quantitative estimate of drug-likeness (QED) is 0.671. The van der Waals surface area contributed by atoms with Crippen LogP contribution in [-0.4, -0.2) is 40.1 Å². The lowest BCUT2D eigenvalue weighted by Crippen LogP contribution is -2.56. The van der Waals surface area contributed by atoms with Gasteiger partial charge >= 0.3 is 0 Å². The zero-order valence-corrected chi connectivity index (χ0v) is 15.7. The van der Waals surface area contributed by atoms with Crippen LogP contribution >= 0.6 is 11.3 Å². The summed E-state index contributed by atoms with van der Waals surface area (Å²) in [5, 5.41) is 6.01. The number of aromatic nitrogens is 2. The van der Waals surface area contributed by atoms with E-state index in [-0.39, 0.29) is 12.0 Å². The maximum Gasteiger partial charge on any atom is 0.264 e. The summed E-state index contributed by atoms with van der Waals surface area (Å²) in [6, 6.07) is 9.68. The summed E-state index contributed by atoms with van der Waals surface area (Å²) in [6.07, 6.45) is 2.31. The number of amides is 1. The molecule has 0 atom stereocenters. The smallest absolute Gasteiger partial charge is 0.264 e. The molecule has 5 rings (SSSR count). The molecule has 1 amide bonds. The third kappa shape index (κ3) is 3.23. The fourth-order valence-corrected chi connectivity index (χ4v) is 4.03. The van der Waals surface area contributed by atoms with E-state index in [0.717, 1.165) is 40.5 Å². The molecule has 1 saturated carbocycles. The number of hydrogen-bond acceptors (Lipinski definition) is 6. The summed E-state index contributed by atoms with van der Waals surface area (Å²) in [7, 11) is 0. The molecule has 2 aliphatic rings. The molecule has 3 aromatic rings. The van der Waals surface area contributed by atoms with Gasteiger partial charge < -0.3 is 14.2 Å². The topological polar surface area (TPSA) is 68.5 Å². The van der Waals surface area contributed by atoms with Crippen molar-refractivity contribution in [3.8, 4) is 17.1 Å². The first kappa shape index (κ1) is 16.5. The van der Waals surface area contributed by atoms with Gasteiger partial charge in [-0.05, 0) is 61.0 Å². The molecule has 0 radical (unpaired) electrons. The van der Waals surface area contributed by atoms with Gasteiger partial charge in [-0.15, -0.1) is 11.3 Å². The first-order valence-corrected chi connectivity index (χ1v) is 9.99. The van der Waals surface area contributed by atoms with Crippen molar-refractivity contribution < 1.29 is 14.1 Å². The summed E-state index contributed by atoms with van der Waals surface area (Å²) >= 11 is 1.50. The van der Waals surface area contributed by atoms with E-state index < -0.39 is 0 Å². The molecule has 2 fully saturated rings. The maximum atomic E-state index is 12.4. The van der Waals surface area contributed by atoms with Gasteiger partial charge in [-0.3, -0.25) is 4.79 Å². The predicted molar refractivity (Wildman–Crippen MR) is 101 cm³/mol. The van der Waals surface area contributed by atoms with Gasteiger partial charge in [0.2, 0.25) is 11.7 Å². The largest absolute Gasteiger partial charge is 0.487 e. The molecule has 1 aliphatic carbocycles. The Balaban J connectivity index is 1.17. The van der Waals surface area contributed by atoms with Crippen molar-refractivity contribution in [1.82, 2.24) is 15.0 Å². The molecule has 0 unspecified atom stereocenters. The molecule has 0 N–H and O–H groups in total. The standard InChI is InChI=1S/C20H19N3O3S/c1-12-8-9-27-17(12)20(24)23-10-16(11-23)25-15-6-4-13(5-7-15)18-21-19(26-22-18)14-2-3-14/h4-9,14,16H,2-3,10-11H2,1H3. The van der Waals surface area contributed by atoms with Gasteiger partial charge in [0.1, 0.15) is 11.9 Å². The monoisotopic (exact) mass is 381 g/mol. The number of carbonyl (C=O) groups excluding carboxylic acids is 1. The van der Waals surface area contributed by atoms with Gasteiger partial charge in [0.25, 0.3) is 5.91 Å². The predicted octanol–water partition coefficient (Wildman–Crippen LogP) is 3.89. The summed E-state index contributed by atoms with van der Waals surface area (Å²) in [6.45, 7) is 3.21. The van der Waals surface area contributed by atoms with E-state index in [1.54, 1.807) is 0 Å². The fourth-order valence-electron chi connectivity index (χ4n) is 3.14. The third-order valence-corrected chi connectivity index (χ3v) is 5.98. The van der Waals surface area contributed by atoms with Crippen LogP contribution in [0.3, 0.4) is 0 Å². The van der Waals surface area contributed by atoms with Crippen molar-refractivity contribution in [2.45, 2.75) is 31.8 Å². The van der Waals surface area contributed by atoms with E-state index in [1.807, 2.05) is 47.5 Å². The van der Waals surface area contributed by atoms with Crippen molar-refractivity contribution >= 4 is 17.2 Å². The zero-order valence-electron chi connectivity index (χ0n) is 14.9. The minimum Gasteiger partial charge on any atom is -0.487 e. The number of nitrogens with zero attached hydrogens (tertiary/aromatic N) is 3. The summed E-state index contributed by atoms with van der Waals surface area (Å²) in [4.78, 5) is 19.5. The second-order valence-corrected chi connectivity index (χ2v) is 8.05. The number of thiophene rings is 1. The minimum absolute atomic E-state index is 0.0340. The first-order chi connectivity index (χ1) is 13.2. The SMILES string of the molecule is Cc1ccsc1C(=O)N1CC(Oc2ccc(-c3noc(C4CC4)n3)cc2)C1. The Morgan fingerprint density at radius 1 is 1.22 bits per heavy atom. The number of likely N-dealkylation sites (tertiary alicyclic amines) is 1. The average molecular weight is 381 g/mol. The highest BCUT2D eigenvalue weighted by Crippen LogP contribution is 2.39. The van der Waals surface area contributed by atoms with Crippen LogP contribution in [0, 0.1) is 6.92 Å². The van der Waals surface area contributed by atoms with Gasteiger partial charge in [-0.2, -0.15) is 4.98 Å². The van der Waals surface area contributed by atoms with Crippen molar-refractivity contribution in [2.75, 3.05) is 13.1 Å². The molecule has 1 aliphatic heterocycles. The molecular weight excluding hydrogens is 362 g/mol. The van der Waals surface area contributed by atoms with Crippen LogP contribution < -0.4 is 4.74 Å². The summed E-state index contributed by atoms with van der Waals surface area (Å²) in [5.41, 5.74) is 1.95. The molecule has 3 heterocycles. The molecule has 1 saturated heterocycles. The lowest BCUT2D eigenvalue weighted by molar-refractivity contribution is 0.0181. The van der Waals surface area contributed by atoms with Crippen LogP contribution in [0.5, 0.6) is 5.75 Å². The third-order valence-electron chi connectivity index (χ3n) is 4.98. The summed E-state index contributed by atoms with van der Waals surface area (Å²) < 4.78 is 11.3. The van der Waals surface area contributed by atoms with Crippen LogP contribution in [0.15, 0.2) is 40.2 Å². The van der Waals surface area contributed by atoms with Gasteiger partial charge in [0.05, 0.1) is 18.0 Å². The molecular formula is C20H19N3O3S. The van der Waals surface area contributed by atoms with Crippen LogP contribution in [-0.2, 0) is 0 Å². The molecule has 6 nitrogen and oxygen atoms in total. The molecule has 2 aromatic heterocycles. The van der Waals surface area contributed by atoms with Gasteiger partial charge in [-0.25, -0.2) is 0 Å². The van der Waals surface area contributed by atoms with Crippen molar-refractivity contribution in [3.05, 3.63) is 52.0 Å². The highest BCUT2D eigenvalue weighted by atomic mass is 32.1. The van der Waals surface area contributed by atoms with Gasteiger partial charge in [0, 0.05) is 11.5 Å². The van der Waals surface area contributed by atoms with Crippen LogP contribution in [0.1, 0.15) is 39.9 Å². The lowest BCUT2D eigenvalue weighted by Gasteiger charge is -2.38. The Bertz CT molecular complexity index is 969. The normalized spacial score (nSPS) is 17.0. The van der Waals surface area contributed by atoms with E-state index in [4.69, 9.17) is 9.26 Å². The van der Waals surface area contributed by atoms with E-state index in [9.17, 15) is 4.79 Å². The van der Waals surface area contributed by atoms with Crippen LogP contribution in [0.25, 0.3) is 11.4 Å². The molecule has 0 spiro atoms. The van der Waals surface area contributed by atoms with E-state index >= 15 is 0 Å². The number of ether oxygens (including phenoxy) is 1. The van der Waals surface area contributed by atoms with E-state index in [0.29, 0.717) is 24.8 Å². The van der Waals surface area contributed by atoms with Gasteiger partial charge in [-0.1, -0.05) is 5.16 Å². The molecule has 27 heavy (non-hydrogen) atoms. The summed E-state index contributed by atoms with van der Waals surface area (Å²) in [5.74, 6) is 2.70. The molecule has 0 bridgehead atoms. The van der Waals surface area contributed by atoms with E-state index in [1.165, 1.54) is 11.3 Å². The average Bonchev–Trinajstić information content (AvgIpc) is 3.21. The zero-order chi connectivity index (χ0) is 18.4. The Morgan fingerprint density at radius 3 is 2.67 bits per heavy atom. The molecule has 1 aromatic carbocycles. The van der Waals surface area contributed by atoms with E-state index in [2.05, 4.69) is 10.1 Å². The van der Waals surface area contributed by atoms with Crippen molar-refractivity contribution in [2.24, 2.45) is 0 Å². The maximum absolute atomic E-state index is 12.4. The highest BCUT2D eigenvalue weighted by Gasteiger charge is 2.34. The van der Waals surface area contributed by atoms with Crippen molar-refractivity contribution in [3.63, 3.8) is 0 Å². The Labute approximate surface area is 160 Å². The highest BCUT2D eigenvalue weighted by molar-refractivity contribution is 7.12. The number of carbonyl (C=O) groups is 1. The van der Waals surface area contributed by atoms with Crippen molar-refractivity contribution in [1.29, 1.82) is 0 Å². The Kier molecular flexibility index (Phi) is 3.97. The minimum atomic E-state index is 0.0340. The first-order valence-electron chi connectivity index (χ1n) is 9.11. The van der Waals surface area contributed by atoms with Gasteiger partial charge in [0.15, 0.2) is 0 Å². The Morgan fingerprint density at radius 2 is 2.00 bits per heavy atom.